The molecule has 1 fully saturated rings. The van der Waals surface area contributed by atoms with Crippen LogP contribution in [-0.2, 0) is 11.2 Å². The van der Waals surface area contributed by atoms with E-state index >= 15 is 0 Å². The second-order valence-electron chi connectivity index (χ2n) is 4.06. The maximum Gasteiger partial charge on any atom is 0.236 e. The number of hydrogen-bond donors (Lipinski definition) is 1. The molecule has 1 aromatic heterocycles. The van der Waals surface area contributed by atoms with Crippen LogP contribution in [0.2, 0.25) is 0 Å². The van der Waals surface area contributed by atoms with Gasteiger partial charge >= 0.3 is 0 Å². The molecule has 1 aliphatic carbocycles. The SMILES string of the molecule is CCc1nc(NC(=O)[C@@H]2C[C@H]2[N+](=O)[O-])sc1C. The van der Waals surface area contributed by atoms with Crippen molar-refractivity contribution in [2.45, 2.75) is 32.7 Å². The first-order valence-electron chi connectivity index (χ1n) is 5.43. The largest absolute Gasteiger partial charge is 0.301 e. The molecular weight excluding hydrogens is 242 g/mol. The van der Waals surface area contributed by atoms with Crippen LogP contribution in [0.4, 0.5) is 5.13 Å². The summed E-state index contributed by atoms with van der Waals surface area (Å²) in [5, 5.41) is 13.6. The molecule has 6 nitrogen and oxygen atoms in total. The highest BCUT2D eigenvalue weighted by Crippen LogP contribution is 2.34. The number of amides is 1. The third-order valence-electron chi connectivity index (χ3n) is 2.82. The number of carbonyl (C=O) groups excluding carboxylic acids is 1. The number of nitro groups is 1. The molecule has 1 saturated carbocycles. The van der Waals surface area contributed by atoms with E-state index in [1.807, 2.05) is 13.8 Å². The molecule has 0 radical (unpaired) electrons. The van der Waals surface area contributed by atoms with Crippen LogP contribution in [0.1, 0.15) is 23.9 Å². The average molecular weight is 255 g/mol. The van der Waals surface area contributed by atoms with Crippen LogP contribution in [-0.4, -0.2) is 21.9 Å². The first-order valence-corrected chi connectivity index (χ1v) is 6.25. The summed E-state index contributed by atoms with van der Waals surface area (Å²) in [4.78, 5) is 27.0. The molecule has 1 amide bonds. The van der Waals surface area contributed by atoms with Gasteiger partial charge in [0.05, 0.1) is 5.69 Å². The zero-order chi connectivity index (χ0) is 12.6. The van der Waals surface area contributed by atoms with E-state index in [0.29, 0.717) is 11.6 Å². The summed E-state index contributed by atoms with van der Waals surface area (Å²) in [5.41, 5.74) is 0.965. The van der Waals surface area contributed by atoms with Gasteiger partial charge < -0.3 is 5.32 Å². The monoisotopic (exact) mass is 255 g/mol. The summed E-state index contributed by atoms with van der Waals surface area (Å²) < 4.78 is 0. The Labute approximate surface area is 102 Å². The van der Waals surface area contributed by atoms with Gasteiger partial charge in [0.25, 0.3) is 0 Å². The van der Waals surface area contributed by atoms with Gasteiger partial charge in [-0.2, -0.15) is 0 Å². The van der Waals surface area contributed by atoms with Crippen molar-refractivity contribution in [3.8, 4) is 0 Å². The van der Waals surface area contributed by atoms with Crippen molar-refractivity contribution in [2.24, 2.45) is 5.92 Å². The minimum Gasteiger partial charge on any atom is -0.301 e. The maximum atomic E-state index is 11.6. The third-order valence-corrected chi connectivity index (χ3v) is 3.75. The van der Waals surface area contributed by atoms with Crippen molar-refractivity contribution in [3.63, 3.8) is 0 Å². The lowest BCUT2D eigenvalue weighted by molar-refractivity contribution is -0.497. The summed E-state index contributed by atoms with van der Waals surface area (Å²) in [6.07, 6.45) is 1.16. The molecule has 2 atom stereocenters. The molecule has 92 valence electrons. The van der Waals surface area contributed by atoms with E-state index in [1.54, 1.807) is 0 Å². The molecule has 1 aromatic rings. The van der Waals surface area contributed by atoms with Crippen LogP contribution < -0.4 is 5.32 Å². The number of carbonyl (C=O) groups is 1. The van der Waals surface area contributed by atoms with Gasteiger partial charge in [-0.3, -0.25) is 14.9 Å². The second kappa shape index (κ2) is 4.40. The van der Waals surface area contributed by atoms with Gasteiger partial charge in [0.2, 0.25) is 11.9 Å². The normalized spacial score (nSPS) is 22.2. The Morgan fingerprint density at radius 1 is 1.71 bits per heavy atom. The Bertz CT molecular complexity index is 471. The van der Waals surface area contributed by atoms with Gasteiger partial charge in [-0.1, -0.05) is 6.92 Å². The van der Waals surface area contributed by atoms with Crippen LogP contribution in [0.25, 0.3) is 0 Å². The van der Waals surface area contributed by atoms with Gasteiger partial charge in [-0.25, -0.2) is 4.98 Å². The summed E-state index contributed by atoms with van der Waals surface area (Å²) in [6.45, 7) is 3.94. The highest BCUT2D eigenvalue weighted by Gasteiger charge is 2.53. The Hall–Kier alpha value is -1.50. The predicted octanol–water partition coefficient (Wildman–Crippen LogP) is 1.62. The van der Waals surface area contributed by atoms with E-state index in [2.05, 4.69) is 10.3 Å². The average Bonchev–Trinajstić information content (AvgIpc) is 2.99. The Balaban J connectivity index is 1.97. The first-order chi connectivity index (χ1) is 8.02. The fraction of sp³-hybridized carbons (Fsp3) is 0.600. The minimum atomic E-state index is -0.707. The molecule has 0 saturated heterocycles. The van der Waals surface area contributed by atoms with Crippen LogP contribution in [0, 0.1) is 23.0 Å². The number of rotatable bonds is 4. The second-order valence-corrected chi connectivity index (χ2v) is 5.26. The molecule has 0 aliphatic heterocycles. The van der Waals surface area contributed by atoms with Crippen molar-refractivity contribution in [1.29, 1.82) is 0 Å². The predicted molar refractivity (Wildman–Crippen MR) is 63.7 cm³/mol. The van der Waals surface area contributed by atoms with Gasteiger partial charge in [0.15, 0.2) is 5.13 Å². The molecule has 1 N–H and O–H groups in total. The number of aromatic nitrogens is 1. The van der Waals surface area contributed by atoms with Gasteiger partial charge in [0.1, 0.15) is 5.92 Å². The zero-order valence-electron chi connectivity index (χ0n) is 9.60. The molecule has 17 heavy (non-hydrogen) atoms. The zero-order valence-corrected chi connectivity index (χ0v) is 10.4. The number of nitrogens with zero attached hydrogens (tertiary/aromatic N) is 2. The topological polar surface area (TPSA) is 85.1 Å². The van der Waals surface area contributed by atoms with Gasteiger partial charge in [0, 0.05) is 16.2 Å². The van der Waals surface area contributed by atoms with Gasteiger partial charge in [-0.05, 0) is 13.3 Å². The molecule has 0 unspecified atom stereocenters. The van der Waals surface area contributed by atoms with E-state index in [4.69, 9.17) is 0 Å². The van der Waals surface area contributed by atoms with Gasteiger partial charge in [-0.15, -0.1) is 11.3 Å². The highest BCUT2D eigenvalue weighted by molar-refractivity contribution is 7.15. The number of anilines is 1. The van der Waals surface area contributed by atoms with E-state index in [1.165, 1.54) is 11.3 Å². The summed E-state index contributed by atoms with van der Waals surface area (Å²) in [6, 6.07) is -0.707. The summed E-state index contributed by atoms with van der Waals surface area (Å²) >= 11 is 1.41. The molecule has 0 bridgehead atoms. The molecule has 0 spiro atoms. The summed E-state index contributed by atoms with van der Waals surface area (Å²) in [7, 11) is 0. The van der Waals surface area contributed by atoms with Crippen molar-refractivity contribution >= 4 is 22.4 Å². The van der Waals surface area contributed by atoms with E-state index in [-0.39, 0.29) is 5.91 Å². The highest BCUT2D eigenvalue weighted by atomic mass is 32.1. The molecule has 1 aliphatic rings. The number of hydrogen-bond acceptors (Lipinski definition) is 5. The van der Waals surface area contributed by atoms with Crippen molar-refractivity contribution in [2.75, 3.05) is 5.32 Å². The third kappa shape index (κ3) is 2.44. The fourth-order valence-corrected chi connectivity index (χ4v) is 2.61. The molecule has 1 heterocycles. The minimum absolute atomic E-state index is 0.289. The lowest BCUT2D eigenvalue weighted by Gasteiger charge is -1.97. The Kier molecular flexibility index (Phi) is 3.10. The van der Waals surface area contributed by atoms with Crippen molar-refractivity contribution in [1.82, 2.24) is 4.98 Å². The lowest BCUT2D eigenvalue weighted by Crippen LogP contribution is -2.18. The van der Waals surface area contributed by atoms with Crippen molar-refractivity contribution < 1.29 is 9.72 Å². The summed E-state index contributed by atoms with van der Waals surface area (Å²) in [5.74, 6) is -0.776. The number of nitrogens with one attached hydrogen (secondary N) is 1. The van der Waals surface area contributed by atoms with Crippen LogP contribution >= 0.6 is 11.3 Å². The quantitative estimate of drug-likeness (QED) is 0.654. The molecule has 7 heteroatoms. The van der Waals surface area contributed by atoms with Crippen LogP contribution in [0.3, 0.4) is 0 Å². The van der Waals surface area contributed by atoms with Crippen LogP contribution in [0.15, 0.2) is 0 Å². The van der Waals surface area contributed by atoms with E-state index in [9.17, 15) is 14.9 Å². The maximum absolute atomic E-state index is 11.6. The fourth-order valence-electron chi connectivity index (χ4n) is 1.70. The van der Waals surface area contributed by atoms with Crippen LogP contribution in [0.5, 0.6) is 0 Å². The molecular formula is C10H13N3O3S. The Morgan fingerprint density at radius 3 is 2.88 bits per heavy atom. The number of thiazole rings is 1. The van der Waals surface area contributed by atoms with E-state index in [0.717, 1.165) is 17.0 Å². The standard InChI is InChI=1S/C10H13N3O3S/c1-3-7-5(2)17-10(11-7)12-9(14)6-4-8(6)13(15)16/h6,8H,3-4H2,1-2H3,(H,11,12,14)/t6-,8-/m1/s1. The first kappa shape index (κ1) is 12.0. The smallest absolute Gasteiger partial charge is 0.236 e. The lowest BCUT2D eigenvalue weighted by atomic mass is 10.3. The number of aryl methyl sites for hydroxylation is 2. The van der Waals surface area contributed by atoms with Crippen molar-refractivity contribution in [3.05, 3.63) is 20.7 Å². The van der Waals surface area contributed by atoms with E-state index < -0.39 is 16.9 Å². The molecule has 0 aromatic carbocycles. The Morgan fingerprint density at radius 2 is 2.41 bits per heavy atom. The molecule has 2 rings (SSSR count).